The number of amides is 2. The van der Waals surface area contributed by atoms with E-state index in [0.29, 0.717) is 26.3 Å². The second-order valence-corrected chi connectivity index (χ2v) is 7.87. The number of morpholine rings is 1. The van der Waals surface area contributed by atoms with Crippen LogP contribution in [0.1, 0.15) is 6.92 Å². The average Bonchev–Trinajstić information content (AvgIpc) is 2.98. The number of halogens is 1. The van der Waals surface area contributed by atoms with E-state index >= 15 is 0 Å². The first-order valence-electron chi connectivity index (χ1n) is 7.78. The largest absolute Gasteiger partial charge is 0.378 e. The zero-order valence-corrected chi connectivity index (χ0v) is 14.2. The fourth-order valence-electron chi connectivity index (χ4n) is 2.88. The van der Waals surface area contributed by atoms with Crippen molar-refractivity contribution in [1.29, 1.82) is 0 Å². The van der Waals surface area contributed by atoms with Crippen LogP contribution in [0.15, 0.2) is 29.2 Å². The first kappa shape index (κ1) is 17.1. The highest BCUT2D eigenvalue weighted by molar-refractivity contribution is 7.89. The Bertz CT molecular complexity index is 704. The Balaban J connectivity index is 1.75. The predicted molar refractivity (Wildman–Crippen MR) is 84.2 cm³/mol. The van der Waals surface area contributed by atoms with Gasteiger partial charge in [-0.15, -0.1) is 0 Å². The molecule has 0 spiro atoms. The van der Waals surface area contributed by atoms with Gasteiger partial charge >= 0.3 is 6.03 Å². The van der Waals surface area contributed by atoms with E-state index in [9.17, 15) is 17.6 Å². The molecule has 2 aliphatic heterocycles. The SMILES string of the molecule is C[C@H]1CN(S(=O)(=O)c2ccc(F)cc2)CN1C(=O)N1CCOCC1. The maximum atomic E-state index is 13.0. The molecule has 1 aromatic rings. The number of carbonyl (C=O) groups excluding carboxylic acids is 1. The summed E-state index contributed by atoms with van der Waals surface area (Å²) >= 11 is 0. The quantitative estimate of drug-likeness (QED) is 0.790. The molecule has 0 aliphatic carbocycles. The van der Waals surface area contributed by atoms with Crippen LogP contribution in [0, 0.1) is 5.82 Å². The summed E-state index contributed by atoms with van der Waals surface area (Å²) in [5.74, 6) is -0.493. The highest BCUT2D eigenvalue weighted by Crippen LogP contribution is 2.23. The van der Waals surface area contributed by atoms with Gasteiger partial charge in [-0.3, -0.25) is 0 Å². The normalized spacial score (nSPS) is 22.8. The van der Waals surface area contributed by atoms with Gasteiger partial charge in [0.2, 0.25) is 10.0 Å². The van der Waals surface area contributed by atoms with Crippen LogP contribution in [-0.2, 0) is 14.8 Å². The number of hydrogen-bond donors (Lipinski definition) is 0. The van der Waals surface area contributed by atoms with Gasteiger partial charge in [-0.05, 0) is 31.2 Å². The summed E-state index contributed by atoms with van der Waals surface area (Å²) in [4.78, 5) is 15.8. The Morgan fingerprint density at radius 3 is 2.46 bits per heavy atom. The lowest BCUT2D eigenvalue weighted by atomic mass is 10.3. The smallest absolute Gasteiger partial charge is 0.321 e. The van der Waals surface area contributed by atoms with Crippen molar-refractivity contribution in [2.24, 2.45) is 0 Å². The monoisotopic (exact) mass is 357 g/mol. The Kier molecular flexibility index (Phi) is 4.75. The molecule has 24 heavy (non-hydrogen) atoms. The number of urea groups is 1. The summed E-state index contributed by atoms with van der Waals surface area (Å²) in [5, 5.41) is 0. The number of benzene rings is 1. The van der Waals surface area contributed by atoms with Crippen molar-refractivity contribution in [3.8, 4) is 0 Å². The van der Waals surface area contributed by atoms with Crippen molar-refractivity contribution in [1.82, 2.24) is 14.1 Å². The molecule has 0 aromatic heterocycles. The average molecular weight is 357 g/mol. The molecule has 2 heterocycles. The molecule has 0 radical (unpaired) electrons. The standard InChI is InChI=1S/C15H20FN3O4S/c1-12-10-18(24(21,22)14-4-2-13(16)3-5-14)11-19(12)15(20)17-6-8-23-9-7-17/h2-5,12H,6-11H2,1H3/t12-/m0/s1. The molecule has 2 aliphatic rings. The predicted octanol–water partition coefficient (Wildman–Crippen LogP) is 0.930. The van der Waals surface area contributed by atoms with Crippen LogP contribution in [0.5, 0.6) is 0 Å². The van der Waals surface area contributed by atoms with E-state index in [1.165, 1.54) is 16.4 Å². The zero-order valence-electron chi connectivity index (χ0n) is 13.4. The molecular weight excluding hydrogens is 337 g/mol. The van der Waals surface area contributed by atoms with Crippen LogP contribution in [0.2, 0.25) is 0 Å². The van der Waals surface area contributed by atoms with Gasteiger partial charge in [0.05, 0.1) is 24.8 Å². The van der Waals surface area contributed by atoms with Crippen molar-refractivity contribution in [2.75, 3.05) is 39.5 Å². The zero-order chi connectivity index (χ0) is 17.3. The van der Waals surface area contributed by atoms with Gasteiger partial charge in [0.25, 0.3) is 0 Å². The van der Waals surface area contributed by atoms with E-state index in [-0.39, 0.29) is 30.2 Å². The fraction of sp³-hybridized carbons (Fsp3) is 0.533. The molecule has 2 fully saturated rings. The van der Waals surface area contributed by atoms with Gasteiger partial charge < -0.3 is 14.5 Å². The van der Waals surface area contributed by atoms with E-state index in [1.54, 1.807) is 9.80 Å². The number of sulfonamides is 1. The van der Waals surface area contributed by atoms with E-state index in [0.717, 1.165) is 12.1 Å². The van der Waals surface area contributed by atoms with E-state index < -0.39 is 15.8 Å². The van der Waals surface area contributed by atoms with Crippen molar-refractivity contribution >= 4 is 16.1 Å². The maximum absolute atomic E-state index is 13.0. The Morgan fingerprint density at radius 1 is 1.21 bits per heavy atom. The van der Waals surface area contributed by atoms with Gasteiger partial charge in [0, 0.05) is 25.7 Å². The first-order valence-corrected chi connectivity index (χ1v) is 9.22. The molecule has 132 valence electrons. The minimum Gasteiger partial charge on any atom is -0.378 e. The molecule has 1 atom stereocenters. The highest BCUT2D eigenvalue weighted by atomic mass is 32.2. The molecule has 9 heteroatoms. The van der Waals surface area contributed by atoms with Crippen molar-refractivity contribution < 1.29 is 22.3 Å². The fourth-order valence-corrected chi connectivity index (χ4v) is 4.34. The van der Waals surface area contributed by atoms with E-state index in [4.69, 9.17) is 4.74 Å². The summed E-state index contributed by atoms with van der Waals surface area (Å²) in [6.07, 6.45) is 0. The van der Waals surface area contributed by atoms with Crippen LogP contribution in [0.4, 0.5) is 9.18 Å². The minimum absolute atomic E-state index is 0.00291. The molecule has 7 nitrogen and oxygen atoms in total. The molecule has 2 amide bonds. The number of nitrogens with zero attached hydrogens (tertiary/aromatic N) is 3. The lowest BCUT2D eigenvalue weighted by Gasteiger charge is -2.32. The lowest BCUT2D eigenvalue weighted by molar-refractivity contribution is 0.0424. The third kappa shape index (κ3) is 3.24. The van der Waals surface area contributed by atoms with E-state index in [1.807, 2.05) is 6.92 Å². The highest BCUT2D eigenvalue weighted by Gasteiger charge is 2.39. The molecule has 2 saturated heterocycles. The summed E-state index contributed by atoms with van der Waals surface area (Å²) in [6.45, 7) is 4.03. The third-order valence-electron chi connectivity index (χ3n) is 4.29. The van der Waals surface area contributed by atoms with Gasteiger partial charge in [0.15, 0.2) is 0 Å². The van der Waals surface area contributed by atoms with Gasteiger partial charge in [-0.2, -0.15) is 4.31 Å². The van der Waals surface area contributed by atoms with Crippen LogP contribution in [0.25, 0.3) is 0 Å². The third-order valence-corrected chi connectivity index (χ3v) is 6.10. The van der Waals surface area contributed by atoms with E-state index in [2.05, 4.69) is 0 Å². The lowest BCUT2D eigenvalue weighted by Crippen LogP contribution is -2.49. The molecule has 0 saturated carbocycles. The first-order chi connectivity index (χ1) is 11.4. The number of rotatable bonds is 2. The number of ether oxygens (including phenoxy) is 1. The van der Waals surface area contributed by atoms with Gasteiger partial charge in [0.1, 0.15) is 5.82 Å². The molecule has 0 unspecified atom stereocenters. The molecule has 3 rings (SSSR count). The summed E-state index contributed by atoms with van der Waals surface area (Å²) in [5.41, 5.74) is 0. The minimum atomic E-state index is -3.76. The molecule has 0 N–H and O–H groups in total. The van der Waals surface area contributed by atoms with Crippen LogP contribution >= 0.6 is 0 Å². The Labute approximate surface area is 140 Å². The second-order valence-electron chi connectivity index (χ2n) is 5.94. The molecule has 1 aromatic carbocycles. The molecule has 0 bridgehead atoms. The second kappa shape index (κ2) is 6.66. The van der Waals surface area contributed by atoms with Gasteiger partial charge in [-0.1, -0.05) is 0 Å². The van der Waals surface area contributed by atoms with Crippen molar-refractivity contribution in [3.05, 3.63) is 30.1 Å². The summed E-state index contributed by atoms with van der Waals surface area (Å²) < 4.78 is 44.8. The Morgan fingerprint density at radius 2 is 1.83 bits per heavy atom. The number of hydrogen-bond acceptors (Lipinski definition) is 4. The van der Waals surface area contributed by atoms with Gasteiger partial charge in [-0.25, -0.2) is 17.6 Å². The maximum Gasteiger partial charge on any atom is 0.321 e. The summed E-state index contributed by atoms with van der Waals surface area (Å²) in [6, 6.07) is 4.30. The van der Waals surface area contributed by atoms with Crippen LogP contribution in [-0.4, -0.2) is 74.1 Å². The van der Waals surface area contributed by atoms with Crippen molar-refractivity contribution in [3.63, 3.8) is 0 Å². The molecular formula is C15H20FN3O4S. The topological polar surface area (TPSA) is 70.2 Å². The number of carbonyl (C=O) groups is 1. The van der Waals surface area contributed by atoms with Crippen LogP contribution < -0.4 is 0 Å². The summed E-state index contributed by atoms with van der Waals surface area (Å²) in [7, 11) is -3.76. The van der Waals surface area contributed by atoms with Crippen LogP contribution in [0.3, 0.4) is 0 Å². The van der Waals surface area contributed by atoms with Crippen molar-refractivity contribution in [2.45, 2.75) is 17.9 Å². The Hall–Kier alpha value is -1.71.